The molecule has 7 heteroatoms. The number of hydrogen-bond donors (Lipinski definition) is 0. The van der Waals surface area contributed by atoms with E-state index < -0.39 is 15.4 Å². The van der Waals surface area contributed by atoms with E-state index in [4.69, 9.17) is 25.5 Å². The van der Waals surface area contributed by atoms with E-state index in [1.54, 1.807) is 6.92 Å². The van der Waals surface area contributed by atoms with Crippen LogP contribution in [0.15, 0.2) is 0 Å². The largest absolute Gasteiger partial charge is 0.463 e. The maximum Gasteiger partial charge on any atom is 0.347 e. The number of carbonyl (C=O) groups excluding carboxylic acids is 1. The van der Waals surface area contributed by atoms with Crippen molar-refractivity contribution in [1.29, 1.82) is 0 Å². The second-order valence-corrected chi connectivity index (χ2v) is 9.41. The van der Waals surface area contributed by atoms with Crippen LogP contribution in [0.1, 0.15) is 27.7 Å². The first-order valence-corrected chi connectivity index (χ1v) is 9.99. The average molecular weight is 300 g/mol. The SMILES string of the molecule is CCOC(=O)C(OCC)S(CC)(OCC)P=S. The van der Waals surface area contributed by atoms with E-state index in [9.17, 15) is 4.79 Å². The van der Waals surface area contributed by atoms with Gasteiger partial charge >= 0.3 is 5.97 Å². The van der Waals surface area contributed by atoms with Gasteiger partial charge in [-0.1, -0.05) is 6.92 Å². The molecule has 2 unspecified atom stereocenters. The predicted molar refractivity (Wildman–Crippen MR) is 76.1 cm³/mol. The van der Waals surface area contributed by atoms with E-state index in [0.29, 0.717) is 32.1 Å². The summed E-state index contributed by atoms with van der Waals surface area (Å²) < 4.78 is 16.3. The van der Waals surface area contributed by atoms with Gasteiger partial charge in [0.15, 0.2) is 0 Å². The highest BCUT2D eigenvalue weighted by Crippen LogP contribution is 2.64. The number of ether oxygens (including phenoxy) is 2. The molecule has 0 heterocycles. The third-order valence-corrected chi connectivity index (χ3v) is 9.41. The smallest absolute Gasteiger partial charge is 0.347 e. The van der Waals surface area contributed by atoms with Crippen molar-refractivity contribution in [3.8, 4) is 0 Å². The number of hydrogen-bond acceptors (Lipinski definition) is 5. The Morgan fingerprint density at radius 2 is 1.88 bits per heavy atom. The Morgan fingerprint density at radius 1 is 1.24 bits per heavy atom. The molecule has 0 bridgehead atoms. The zero-order chi connectivity index (χ0) is 13.3. The Kier molecular flexibility index (Phi) is 9.37. The Hall–Kier alpha value is 0.260. The van der Waals surface area contributed by atoms with Gasteiger partial charge in [0.05, 0.1) is 19.8 Å². The van der Waals surface area contributed by atoms with Crippen molar-refractivity contribution in [2.75, 3.05) is 25.6 Å². The number of carbonyl (C=O) groups is 1. The fourth-order valence-corrected chi connectivity index (χ4v) is 6.72. The van der Waals surface area contributed by atoms with Crippen LogP contribution in [0.3, 0.4) is 0 Å². The second-order valence-electron chi connectivity index (χ2n) is 3.00. The van der Waals surface area contributed by atoms with E-state index in [1.165, 1.54) is 0 Å². The molecule has 0 amide bonds. The summed E-state index contributed by atoms with van der Waals surface area (Å²) in [6.07, 6.45) is 0. The zero-order valence-electron chi connectivity index (χ0n) is 10.8. The Morgan fingerprint density at radius 3 is 2.24 bits per heavy atom. The molecule has 0 saturated carbocycles. The van der Waals surface area contributed by atoms with Crippen molar-refractivity contribution < 1.29 is 18.5 Å². The van der Waals surface area contributed by atoms with Crippen LogP contribution >= 0.6 is 16.5 Å². The van der Waals surface area contributed by atoms with E-state index in [2.05, 4.69) is 0 Å². The van der Waals surface area contributed by atoms with Crippen LogP contribution in [0.2, 0.25) is 0 Å². The molecule has 17 heavy (non-hydrogen) atoms. The maximum atomic E-state index is 11.9. The molecule has 4 nitrogen and oxygen atoms in total. The average Bonchev–Trinajstić information content (AvgIpc) is 2.34. The number of rotatable bonds is 9. The van der Waals surface area contributed by atoms with Gasteiger partial charge in [0.2, 0.25) is 5.44 Å². The molecular weight excluding hydrogens is 279 g/mol. The lowest BCUT2D eigenvalue weighted by molar-refractivity contribution is -0.150. The van der Waals surface area contributed by atoms with Gasteiger partial charge in [-0.05, 0) is 42.5 Å². The minimum atomic E-state index is -1.76. The molecule has 0 aromatic rings. The molecule has 0 aromatic heterocycles. The maximum absolute atomic E-state index is 11.9. The summed E-state index contributed by atoms with van der Waals surface area (Å²) in [5.41, 5.74) is -0.670. The molecule has 0 saturated heterocycles. The lowest BCUT2D eigenvalue weighted by Crippen LogP contribution is -2.32. The van der Waals surface area contributed by atoms with Crippen LogP contribution in [-0.2, 0) is 30.3 Å². The Bertz CT molecular complexity index is 252. The Labute approximate surface area is 111 Å². The monoisotopic (exact) mass is 300 g/mol. The van der Waals surface area contributed by atoms with Gasteiger partial charge < -0.3 is 13.7 Å². The van der Waals surface area contributed by atoms with Crippen molar-refractivity contribution in [3.05, 3.63) is 0 Å². The van der Waals surface area contributed by atoms with Gasteiger partial charge in [-0.25, -0.2) is 4.79 Å². The van der Waals surface area contributed by atoms with Crippen molar-refractivity contribution >= 4 is 34.3 Å². The molecule has 2 atom stereocenters. The third kappa shape index (κ3) is 4.79. The minimum Gasteiger partial charge on any atom is -0.463 e. The van der Waals surface area contributed by atoms with Crippen LogP contribution in [0.5, 0.6) is 0 Å². The topological polar surface area (TPSA) is 44.8 Å². The highest BCUT2D eigenvalue weighted by molar-refractivity contribution is 8.75. The molecule has 0 radical (unpaired) electrons. The van der Waals surface area contributed by atoms with Gasteiger partial charge in [0, 0.05) is 12.4 Å². The van der Waals surface area contributed by atoms with Gasteiger partial charge in [-0.15, -0.1) is 0 Å². The Balaban J connectivity index is 5.06. The summed E-state index contributed by atoms with van der Waals surface area (Å²) in [6, 6.07) is 0. The first-order chi connectivity index (χ1) is 8.11. The summed E-state index contributed by atoms with van der Waals surface area (Å²) in [5, 5.41) is 0. The van der Waals surface area contributed by atoms with Gasteiger partial charge in [0.1, 0.15) is 0 Å². The fourth-order valence-electron chi connectivity index (χ4n) is 1.30. The molecule has 0 spiro atoms. The number of esters is 1. The molecule has 0 N–H and O–H groups in total. The van der Waals surface area contributed by atoms with E-state index in [-0.39, 0.29) is 5.97 Å². The lowest BCUT2D eigenvalue weighted by atomic mass is 10.7. The normalized spacial score (nSPS) is 18.4. The van der Waals surface area contributed by atoms with Crippen molar-refractivity contribution in [2.24, 2.45) is 0 Å². The third-order valence-electron chi connectivity index (χ3n) is 1.99. The molecule has 0 aromatic carbocycles. The highest BCUT2D eigenvalue weighted by atomic mass is 32.9. The summed E-state index contributed by atoms with van der Waals surface area (Å²) in [5.74, 6) is 0.326. The van der Waals surface area contributed by atoms with E-state index >= 15 is 0 Å². The molecule has 0 aliphatic heterocycles. The highest BCUT2D eigenvalue weighted by Gasteiger charge is 2.39. The summed E-state index contributed by atoms with van der Waals surface area (Å²) in [7, 11) is -1.76. The van der Waals surface area contributed by atoms with Gasteiger partial charge in [0.25, 0.3) is 0 Å². The zero-order valence-corrected chi connectivity index (χ0v) is 13.3. The first-order valence-electron chi connectivity index (χ1n) is 5.68. The van der Waals surface area contributed by atoms with E-state index in [1.807, 2.05) is 20.8 Å². The van der Waals surface area contributed by atoms with E-state index in [0.717, 1.165) is 0 Å². The fraction of sp³-hybridized carbons (Fsp3) is 0.900. The molecule has 0 aliphatic carbocycles. The van der Waals surface area contributed by atoms with Crippen LogP contribution < -0.4 is 0 Å². The molecule has 0 fully saturated rings. The van der Waals surface area contributed by atoms with Gasteiger partial charge in [-0.2, -0.15) is 0 Å². The van der Waals surface area contributed by atoms with Crippen LogP contribution in [0, 0.1) is 0 Å². The quantitative estimate of drug-likeness (QED) is 0.484. The predicted octanol–water partition coefficient (Wildman–Crippen LogP) is 3.01. The van der Waals surface area contributed by atoms with Crippen molar-refractivity contribution in [2.45, 2.75) is 33.1 Å². The summed E-state index contributed by atoms with van der Waals surface area (Å²) >= 11 is 5.14. The molecule has 102 valence electrons. The summed E-state index contributed by atoms with van der Waals surface area (Å²) in [4.78, 5) is 11.9. The van der Waals surface area contributed by atoms with Crippen molar-refractivity contribution in [3.63, 3.8) is 0 Å². The molecule has 0 rings (SSSR count). The van der Waals surface area contributed by atoms with Crippen LogP contribution in [0.4, 0.5) is 0 Å². The minimum absolute atomic E-state index is 0.335. The lowest BCUT2D eigenvalue weighted by Gasteiger charge is -2.38. The van der Waals surface area contributed by atoms with Crippen LogP contribution in [0.25, 0.3) is 0 Å². The second kappa shape index (κ2) is 9.22. The standard InChI is InChI=1S/C10H21O4PS2/c1-5-12-9(11)10(13-6-2)17(8-4,15-16)14-7-3/h10H,5-8H2,1-4H3. The van der Waals surface area contributed by atoms with Crippen molar-refractivity contribution in [1.82, 2.24) is 0 Å². The van der Waals surface area contributed by atoms with Gasteiger partial charge in [-0.3, -0.25) is 0 Å². The molecule has 0 aliphatic rings. The molecular formula is C10H21O4PS2. The first kappa shape index (κ1) is 17.3. The van der Waals surface area contributed by atoms with Crippen LogP contribution in [-0.4, -0.2) is 37.0 Å². The summed E-state index contributed by atoms with van der Waals surface area (Å²) in [6.45, 7) is 9.43.